The van der Waals surface area contributed by atoms with Gasteiger partial charge in [0.1, 0.15) is 33.5 Å². The molecule has 0 aromatic heterocycles. The molecule has 6 atom stereocenters. The van der Waals surface area contributed by atoms with Crippen LogP contribution in [0.3, 0.4) is 0 Å². The van der Waals surface area contributed by atoms with Crippen molar-refractivity contribution in [2.45, 2.75) is 195 Å². The van der Waals surface area contributed by atoms with Crippen LogP contribution < -0.4 is 38.1 Å². The average Bonchev–Trinajstić information content (AvgIpc) is 1.51. The Hall–Kier alpha value is -5.08. The topological polar surface area (TPSA) is 192 Å². The maximum Gasteiger partial charge on any atom is 0.192 e. The molecule has 0 unspecified atom stereocenters. The van der Waals surface area contributed by atoms with Crippen molar-refractivity contribution in [2.75, 3.05) is 39.6 Å². The van der Waals surface area contributed by atoms with E-state index in [0.717, 1.165) is 29.5 Å². The third-order valence-electron chi connectivity index (χ3n) is 20.0. The second-order valence-corrected chi connectivity index (χ2v) is 52.9. The van der Waals surface area contributed by atoms with Crippen molar-refractivity contribution in [3.63, 3.8) is 0 Å². The van der Waals surface area contributed by atoms with Crippen LogP contribution in [0.5, 0.6) is 0 Å². The van der Waals surface area contributed by atoms with Gasteiger partial charge >= 0.3 is 0 Å². The lowest BCUT2D eigenvalue weighted by atomic mass is 9.97. The normalized spacial score (nSPS) is 15.9. The van der Waals surface area contributed by atoms with Gasteiger partial charge in [-0.3, -0.25) is 0 Å². The van der Waals surface area contributed by atoms with Gasteiger partial charge in [0, 0.05) is 24.0 Å². The van der Waals surface area contributed by atoms with Gasteiger partial charge < -0.3 is 50.7 Å². The molecule has 0 spiro atoms. The van der Waals surface area contributed by atoms with Gasteiger partial charge in [-0.05, 0) is 156 Å². The van der Waals surface area contributed by atoms with Gasteiger partial charge in [-0.2, -0.15) is 0 Å². The van der Waals surface area contributed by atoms with Crippen molar-refractivity contribution in [3.8, 4) is 0 Å². The Morgan fingerprint density at radius 3 is 1.14 bits per heavy atom. The van der Waals surface area contributed by atoms with Crippen molar-refractivity contribution >= 4 is 106 Å². The molecular weight excluding hydrogens is 1610 g/mol. The number of ether oxygens (including phenoxy) is 2. The van der Waals surface area contributed by atoms with E-state index in [-0.39, 0.29) is 70.4 Å². The first-order valence-corrected chi connectivity index (χ1v) is 49.4. The number of nitrogens with two attached hydrogens (primary N) is 3. The molecule has 2 heterocycles. The van der Waals surface area contributed by atoms with Crippen LogP contribution in [-0.2, 0) is 18.3 Å². The lowest BCUT2D eigenvalue weighted by Gasteiger charge is -2.42. The lowest BCUT2D eigenvalue weighted by molar-refractivity contribution is 0.255. The van der Waals surface area contributed by atoms with E-state index in [2.05, 4.69) is 350 Å². The molecule has 0 bridgehead atoms. The van der Waals surface area contributed by atoms with Crippen molar-refractivity contribution in [1.82, 2.24) is 4.98 Å². The fourth-order valence-corrected chi connectivity index (χ4v) is 17.9. The Kier molecular flexibility index (Phi) is 36.1. The minimum absolute atomic E-state index is 0.00398. The number of aliphatic hydroxyl groups is 2. The van der Waals surface area contributed by atoms with Gasteiger partial charge in [-0.15, -0.1) is 0 Å². The molecule has 0 saturated carbocycles. The van der Waals surface area contributed by atoms with Crippen LogP contribution in [0, 0.1) is 18.0 Å². The molecule has 2 aliphatic heterocycles. The first kappa shape index (κ1) is 91.5. The summed E-state index contributed by atoms with van der Waals surface area (Å²) in [5.74, 6) is 1.73. The Morgan fingerprint density at radius 2 is 0.774 bits per heavy atom. The molecule has 9 N–H and O–H groups in total. The van der Waals surface area contributed by atoms with E-state index in [1.54, 1.807) is 0 Å². The molecule has 8 aromatic rings. The van der Waals surface area contributed by atoms with Crippen molar-refractivity contribution in [1.29, 1.82) is 0 Å². The molecule has 10 rings (SSSR count). The SMILES string of the molecule is CC(C)(C)C1=N[C@H](c2ccccc2I)CO1.CC(C)(C)C1=N[C@H](c2ccccc2P(c2ccccc2)c2ccccc2)CO1.CC(C)(C)[Si](C)(C)N[C@@H](CO[Si](C)(C)C(C)(C)C)c1ccccc1.CC(C)(C)[Si](C)(C)OC[C@H](N)c1ccccc1I.N[C@@H](CO)c1ccccc1.N[C@@H](CO)c1ccccc1. The molecule has 106 heavy (non-hydrogen) atoms. The standard InChI is InChI=1S/C25H26NOP.C20H39NOSi2.C14H24INOSi.C13H16INO.2C8H11NO/c1-25(2,3)24-26-22(18-27-24)21-16-10-11-17-23(21)28(19-12-6-4-7-13-19)20-14-8-5-9-15-20;1-19(2,3)23(7,8)21-18(17-14-12-11-13-15-17)16-22-24(9,10)20(4,5)6;1-14(2,3)18(4,5)17-10-13(16)11-8-6-7-9-12(11)15;1-13(2,3)12-15-11(8-16-12)9-6-4-5-7-10(9)14;2*9-8(6-10)7-4-2-1-3-5-7/h4-17,22H,18H2,1-3H3;11-15,18,21H,16H2,1-10H3;6-9,13H,10,16H2,1-5H3;4-7,11H,8H2,1-3H3;2*1-5,8,10H,6,9H2/t22-;18-;13-;11-;2*8-/m000000/s1. The van der Waals surface area contributed by atoms with E-state index in [1.165, 1.54) is 45.3 Å². The fraction of sp³-hybridized carbons (Fsp3) is 0.432. The highest BCUT2D eigenvalue weighted by molar-refractivity contribution is 14.1. The number of hydrogen-bond donors (Lipinski definition) is 6. The van der Waals surface area contributed by atoms with Gasteiger partial charge in [0.15, 0.2) is 28.4 Å². The zero-order valence-electron chi connectivity index (χ0n) is 67.4. The molecule has 12 nitrogen and oxygen atoms in total. The lowest BCUT2D eigenvalue weighted by Crippen LogP contribution is -2.55. The Bertz CT molecular complexity index is 3840. The van der Waals surface area contributed by atoms with Crippen LogP contribution in [0.2, 0.25) is 54.4 Å². The highest BCUT2D eigenvalue weighted by Crippen LogP contribution is 2.42. The summed E-state index contributed by atoms with van der Waals surface area (Å²) in [5.41, 5.74) is 24.3. The molecular formula is C88H127I2N6O6PSi3. The van der Waals surface area contributed by atoms with Gasteiger partial charge in [0.25, 0.3) is 0 Å². The van der Waals surface area contributed by atoms with E-state index in [1.807, 2.05) is 72.8 Å². The molecule has 0 radical (unpaired) electrons. The van der Waals surface area contributed by atoms with Crippen molar-refractivity contribution < 1.29 is 28.5 Å². The number of aliphatic hydroxyl groups excluding tert-OH is 2. The van der Waals surface area contributed by atoms with Gasteiger partial charge in [-0.25, -0.2) is 9.98 Å². The van der Waals surface area contributed by atoms with Crippen LogP contribution in [0.15, 0.2) is 234 Å². The maximum atomic E-state index is 8.66. The number of benzene rings is 8. The largest absolute Gasteiger partial charge is 0.478 e. The zero-order valence-corrected chi connectivity index (χ0v) is 75.6. The molecule has 18 heteroatoms. The smallest absolute Gasteiger partial charge is 0.192 e. The number of halogens is 2. The van der Waals surface area contributed by atoms with E-state index in [0.29, 0.717) is 24.9 Å². The maximum absolute atomic E-state index is 8.66. The fourth-order valence-electron chi connectivity index (χ4n) is 10.2. The van der Waals surface area contributed by atoms with Crippen LogP contribution in [0.1, 0.15) is 173 Å². The molecule has 0 aliphatic carbocycles. The first-order valence-electron chi connectivity index (χ1n) is 37.1. The first-order chi connectivity index (χ1) is 49.5. The second-order valence-electron chi connectivity index (χ2n) is 33.8. The third-order valence-corrected chi connectivity index (χ3v) is 38.3. The van der Waals surface area contributed by atoms with E-state index >= 15 is 0 Å². The Labute approximate surface area is 670 Å². The summed E-state index contributed by atoms with van der Waals surface area (Å²) in [6.45, 7) is 50.3. The summed E-state index contributed by atoms with van der Waals surface area (Å²) in [4.78, 5) is 13.7. The summed E-state index contributed by atoms with van der Waals surface area (Å²) < 4.78 is 26.9. The predicted octanol–water partition coefficient (Wildman–Crippen LogP) is 20.8. The summed E-state index contributed by atoms with van der Waals surface area (Å²) in [6.07, 6.45) is 0. The molecule has 0 saturated heterocycles. The van der Waals surface area contributed by atoms with Gasteiger partial charge in [0.05, 0.1) is 44.6 Å². The molecule has 8 aromatic carbocycles. The van der Waals surface area contributed by atoms with E-state index in [4.69, 9.17) is 50.7 Å². The van der Waals surface area contributed by atoms with Crippen LogP contribution >= 0.6 is 53.1 Å². The van der Waals surface area contributed by atoms with Crippen LogP contribution in [-0.4, -0.2) is 86.5 Å². The monoisotopic (exact) mass is 1730 g/mol. The number of hydrogen-bond acceptors (Lipinski definition) is 12. The minimum atomic E-state index is -1.75. The van der Waals surface area contributed by atoms with Crippen molar-refractivity contribution in [3.05, 3.63) is 265 Å². The highest BCUT2D eigenvalue weighted by Gasteiger charge is 2.42. The number of rotatable bonds is 19. The van der Waals surface area contributed by atoms with Gasteiger partial charge in [-0.1, -0.05) is 329 Å². The number of nitrogens with one attached hydrogen (secondary N) is 1. The molecule has 0 fully saturated rings. The zero-order chi connectivity index (χ0) is 78.9. The third kappa shape index (κ3) is 28.7. The highest BCUT2D eigenvalue weighted by atomic mass is 127. The molecule has 576 valence electrons. The Balaban J connectivity index is 0.000000237. The van der Waals surface area contributed by atoms with Gasteiger partial charge in [0.2, 0.25) is 0 Å². The van der Waals surface area contributed by atoms with Crippen LogP contribution in [0.25, 0.3) is 0 Å². The summed E-state index contributed by atoms with van der Waals surface area (Å²) in [5, 5.41) is 22.2. The Morgan fingerprint density at radius 1 is 0.434 bits per heavy atom. The quantitative estimate of drug-likeness (QED) is 0.0258. The van der Waals surface area contributed by atoms with Crippen molar-refractivity contribution in [2.24, 2.45) is 38.0 Å². The molecule has 0 amide bonds. The average molecular weight is 1730 g/mol. The van der Waals surface area contributed by atoms with E-state index in [9.17, 15) is 0 Å². The van der Waals surface area contributed by atoms with E-state index < -0.39 is 32.8 Å². The number of aliphatic imine (C=N–C) groups is 2. The molecule has 2 aliphatic rings. The van der Waals surface area contributed by atoms with Crippen LogP contribution in [0.4, 0.5) is 0 Å². The summed E-state index contributed by atoms with van der Waals surface area (Å²) in [6, 6.07) is 76.8. The number of nitrogens with zero attached hydrogens (tertiary/aromatic N) is 2. The minimum Gasteiger partial charge on any atom is -0.478 e. The summed E-state index contributed by atoms with van der Waals surface area (Å²) in [7, 11) is -5.70. The second kappa shape index (κ2) is 41.8. The summed E-state index contributed by atoms with van der Waals surface area (Å²) >= 11 is 4.68. The predicted molar refractivity (Wildman–Crippen MR) is 478 cm³/mol.